The lowest BCUT2D eigenvalue weighted by Crippen LogP contribution is -2.50. The molecule has 0 bridgehead atoms. The summed E-state index contributed by atoms with van der Waals surface area (Å²) in [5.74, 6) is -0.334. The molecule has 0 aromatic carbocycles. The van der Waals surface area contributed by atoms with E-state index < -0.39 is 0 Å². The van der Waals surface area contributed by atoms with Crippen LogP contribution in [0.15, 0.2) is 12.2 Å². The van der Waals surface area contributed by atoms with Crippen molar-refractivity contribution in [2.24, 2.45) is 5.73 Å². The number of likely N-dealkylation sites (tertiary alicyclic amines) is 1. The van der Waals surface area contributed by atoms with Crippen LogP contribution in [0.1, 0.15) is 65.2 Å². The van der Waals surface area contributed by atoms with Crippen LogP contribution in [0.25, 0.3) is 0 Å². The van der Waals surface area contributed by atoms with Crippen LogP contribution in [0.2, 0.25) is 0 Å². The number of carbonyl (C=O) groups is 1. The van der Waals surface area contributed by atoms with E-state index in [0.717, 1.165) is 12.8 Å². The number of nitrogens with two attached hydrogens (primary N) is 1. The number of hydrogen-bond acceptors (Lipinski definition) is 2. The normalized spacial score (nSPS) is 20.5. The highest BCUT2D eigenvalue weighted by Gasteiger charge is 2.33. The Morgan fingerprint density at radius 3 is 2.47 bits per heavy atom. The van der Waals surface area contributed by atoms with E-state index in [1.54, 1.807) is 0 Å². The first kappa shape index (κ1) is 16.2. The topological polar surface area (TPSA) is 46.3 Å². The number of nitrogens with zero attached hydrogens (tertiary/aromatic N) is 1. The zero-order valence-electron chi connectivity index (χ0n) is 12.7. The zero-order valence-corrected chi connectivity index (χ0v) is 12.7. The van der Waals surface area contributed by atoms with E-state index in [1.807, 2.05) is 6.08 Å². The third-order valence-corrected chi connectivity index (χ3v) is 4.46. The first-order chi connectivity index (χ1) is 9.14. The molecule has 1 heterocycles. The molecule has 1 rings (SSSR count). The molecule has 1 aliphatic rings. The maximum Gasteiger partial charge on any atom is 0.241 e. The molecule has 1 amide bonds. The van der Waals surface area contributed by atoms with Gasteiger partial charge in [0, 0.05) is 5.54 Å². The Hall–Kier alpha value is -0.830. The van der Waals surface area contributed by atoms with Crippen LogP contribution >= 0.6 is 0 Å². The highest BCUT2D eigenvalue weighted by atomic mass is 16.1. The Kier molecular flexibility index (Phi) is 7.14. The highest BCUT2D eigenvalue weighted by molar-refractivity contribution is 5.85. The lowest BCUT2D eigenvalue weighted by Gasteiger charge is -2.45. The summed E-state index contributed by atoms with van der Waals surface area (Å²) >= 11 is 0. The number of hydrogen-bond donors (Lipinski definition) is 1. The molecule has 0 aromatic rings. The minimum absolute atomic E-state index is 0.238. The average molecular weight is 266 g/mol. The third kappa shape index (κ3) is 4.98. The van der Waals surface area contributed by atoms with Crippen LogP contribution in [0.5, 0.6) is 0 Å². The molecule has 3 heteroatoms. The molecule has 0 aliphatic carbocycles. The highest BCUT2D eigenvalue weighted by Crippen LogP contribution is 2.33. The number of carbonyl (C=O) groups excluding carboxylic acids is 1. The van der Waals surface area contributed by atoms with Gasteiger partial charge in [-0.15, -0.1) is 0 Å². The zero-order chi connectivity index (χ0) is 14.1. The van der Waals surface area contributed by atoms with Crippen LogP contribution in [0.4, 0.5) is 0 Å². The summed E-state index contributed by atoms with van der Waals surface area (Å²) in [5, 5.41) is 0. The van der Waals surface area contributed by atoms with Crippen molar-refractivity contribution in [2.45, 2.75) is 70.8 Å². The lowest BCUT2D eigenvalue weighted by molar-refractivity contribution is -0.113. The Labute approximate surface area is 118 Å². The Balaban J connectivity index is 2.75. The summed E-state index contributed by atoms with van der Waals surface area (Å²) < 4.78 is 0. The van der Waals surface area contributed by atoms with Crippen molar-refractivity contribution in [1.82, 2.24) is 4.90 Å². The van der Waals surface area contributed by atoms with Gasteiger partial charge >= 0.3 is 0 Å². The molecule has 0 aromatic heterocycles. The maximum absolute atomic E-state index is 10.9. The van der Waals surface area contributed by atoms with Gasteiger partial charge in [-0.1, -0.05) is 39.2 Å². The quantitative estimate of drug-likeness (QED) is 0.686. The SMILES string of the molecule is CCCCC(CC)(C/C=C\C(N)=O)N1CCCCC1. The molecule has 2 N–H and O–H groups in total. The first-order valence-electron chi connectivity index (χ1n) is 7.85. The molecule has 3 nitrogen and oxygen atoms in total. The summed E-state index contributed by atoms with van der Waals surface area (Å²) in [6.45, 7) is 6.95. The van der Waals surface area contributed by atoms with Crippen LogP contribution in [-0.2, 0) is 4.79 Å². The Bertz CT molecular complexity index is 295. The van der Waals surface area contributed by atoms with E-state index in [0.29, 0.717) is 0 Å². The Morgan fingerprint density at radius 1 is 1.26 bits per heavy atom. The van der Waals surface area contributed by atoms with E-state index in [2.05, 4.69) is 18.7 Å². The van der Waals surface area contributed by atoms with E-state index in [9.17, 15) is 4.79 Å². The van der Waals surface area contributed by atoms with Gasteiger partial charge in [0.2, 0.25) is 5.91 Å². The maximum atomic E-state index is 10.9. The molecular formula is C16H30N2O. The van der Waals surface area contributed by atoms with Gasteiger partial charge in [-0.3, -0.25) is 9.69 Å². The van der Waals surface area contributed by atoms with E-state index in [4.69, 9.17) is 5.73 Å². The van der Waals surface area contributed by atoms with Gasteiger partial charge in [-0.2, -0.15) is 0 Å². The Morgan fingerprint density at radius 2 is 1.95 bits per heavy atom. The predicted octanol–water partition coefficient (Wildman–Crippen LogP) is 3.24. The van der Waals surface area contributed by atoms with Crippen LogP contribution in [-0.4, -0.2) is 29.4 Å². The van der Waals surface area contributed by atoms with Gasteiger partial charge in [0.1, 0.15) is 0 Å². The molecule has 1 fully saturated rings. The third-order valence-electron chi connectivity index (χ3n) is 4.46. The van der Waals surface area contributed by atoms with Gasteiger partial charge in [-0.25, -0.2) is 0 Å². The minimum atomic E-state index is -0.334. The van der Waals surface area contributed by atoms with Gasteiger partial charge in [-0.05, 0) is 51.3 Å². The lowest BCUT2D eigenvalue weighted by atomic mass is 9.83. The monoisotopic (exact) mass is 266 g/mol. The van der Waals surface area contributed by atoms with Crippen LogP contribution in [0.3, 0.4) is 0 Å². The van der Waals surface area contributed by atoms with Crippen molar-refractivity contribution in [1.29, 1.82) is 0 Å². The standard InChI is InChI=1S/C16H30N2O/c1-3-5-11-16(4-2,12-9-10-15(17)19)18-13-7-6-8-14-18/h9-10H,3-8,11-14H2,1-2H3,(H2,17,19)/b10-9-. The fourth-order valence-corrected chi connectivity index (χ4v) is 3.20. The largest absolute Gasteiger partial charge is 0.366 e. The smallest absolute Gasteiger partial charge is 0.241 e. The second-order valence-corrected chi connectivity index (χ2v) is 5.74. The van der Waals surface area contributed by atoms with Crippen molar-refractivity contribution >= 4 is 5.91 Å². The molecule has 1 unspecified atom stereocenters. The summed E-state index contributed by atoms with van der Waals surface area (Å²) in [5.41, 5.74) is 5.44. The van der Waals surface area contributed by atoms with E-state index >= 15 is 0 Å². The fraction of sp³-hybridized carbons (Fsp3) is 0.812. The summed E-state index contributed by atoms with van der Waals surface area (Å²) in [6.07, 6.45) is 13.3. The number of rotatable bonds is 8. The number of unbranched alkanes of at least 4 members (excludes halogenated alkanes) is 1. The van der Waals surface area contributed by atoms with Crippen LogP contribution in [0, 0.1) is 0 Å². The molecule has 1 saturated heterocycles. The summed E-state index contributed by atoms with van der Waals surface area (Å²) in [4.78, 5) is 13.5. The molecular weight excluding hydrogens is 236 g/mol. The van der Waals surface area contributed by atoms with Crippen LogP contribution < -0.4 is 5.73 Å². The van der Waals surface area contributed by atoms with Crippen molar-refractivity contribution in [2.75, 3.05) is 13.1 Å². The van der Waals surface area contributed by atoms with Gasteiger partial charge < -0.3 is 5.73 Å². The molecule has 19 heavy (non-hydrogen) atoms. The van der Waals surface area contributed by atoms with Gasteiger partial charge in [0.05, 0.1) is 0 Å². The number of primary amides is 1. The second-order valence-electron chi connectivity index (χ2n) is 5.74. The predicted molar refractivity (Wildman–Crippen MR) is 80.9 cm³/mol. The molecule has 1 atom stereocenters. The molecule has 0 saturated carbocycles. The summed E-state index contributed by atoms with van der Waals surface area (Å²) in [7, 11) is 0. The molecule has 110 valence electrons. The minimum Gasteiger partial charge on any atom is -0.366 e. The molecule has 0 spiro atoms. The van der Waals surface area contributed by atoms with Crippen molar-refractivity contribution in [3.63, 3.8) is 0 Å². The van der Waals surface area contributed by atoms with E-state index in [1.165, 1.54) is 57.7 Å². The number of piperidine rings is 1. The fourth-order valence-electron chi connectivity index (χ4n) is 3.20. The summed E-state index contributed by atoms with van der Waals surface area (Å²) in [6, 6.07) is 0. The van der Waals surface area contributed by atoms with Crippen molar-refractivity contribution in [3.05, 3.63) is 12.2 Å². The second kappa shape index (κ2) is 8.36. The van der Waals surface area contributed by atoms with E-state index in [-0.39, 0.29) is 11.4 Å². The van der Waals surface area contributed by atoms with Crippen molar-refractivity contribution in [3.8, 4) is 0 Å². The molecule has 1 aliphatic heterocycles. The first-order valence-corrected chi connectivity index (χ1v) is 7.85. The molecule has 0 radical (unpaired) electrons. The van der Waals surface area contributed by atoms with Gasteiger partial charge in [0.15, 0.2) is 0 Å². The van der Waals surface area contributed by atoms with Crippen molar-refractivity contribution < 1.29 is 4.79 Å². The van der Waals surface area contributed by atoms with Gasteiger partial charge in [0.25, 0.3) is 0 Å². The average Bonchev–Trinajstić information content (AvgIpc) is 2.43. The number of amides is 1.